The molecule has 1 aliphatic heterocycles. The first-order valence-corrected chi connectivity index (χ1v) is 6.18. The van der Waals surface area contributed by atoms with E-state index in [0.717, 1.165) is 38.4 Å². The molecule has 1 saturated heterocycles. The van der Waals surface area contributed by atoms with Gasteiger partial charge in [0.05, 0.1) is 11.9 Å². The van der Waals surface area contributed by atoms with Gasteiger partial charge in [0.1, 0.15) is 5.65 Å². The van der Waals surface area contributed by atoms with Crippen molar-refractivity contribution >= 4 is 5.65 Å². The lowest BCUT2D eigenvalue weighted by atomic mass is 10.3. The van der Waals surface area contributed by atoms with Gasteiger partial charge in [-0.05, 0) is 24.6 Å². The van der Waals surface area contributed by atoms with Crippen molar-refractivity contribution in [1.82, 2.24) is 19.6 Å². The van der Waals surface area contributed by atoms with Crippen LogP contribution < -0.4 is 5.32 Å². The van der Waals surface area contributed by atoms with Gasteiger partial charge in [0.25, 0.3) is 0 Å². The van der Waals surface area contributed by atoms with Gasteiger partial charge in [-0.3, -0.25) is 4.90 Å². The van der Waals surface area contributed by atoms with Crippen LogP contribution in [0.2, 0.25) is 0 Å². The van der Waals surface area contributed by atoms with Crippen LogP contribution in [0.4, 0.5) is 0 Å². The Hall–Kier alpha value is -1.39. The minimum atomic E-state index is 0.992. The highest BCUT2D eigenvalue weighted by Gasteiger charge is 2.12. The summed E-state index contributed by atoms with van der Waals surface area (Å²) in [6.45, 7) is 7.53. The Labute approximate surface area is 101 Å². The molecular formula is C13H18N4. The highest BCUT2D eigenvalue weighted by molar-refractivity contribution is 5.42. The normalized spacial score (nSPS) is 17.7. The molecule has 0 aliphatic carbocycles. The number of fused-ring (bicyclic) bond motifs is 1. The molecule has 0 saturated carbocycles. The van der Waals surface area contributed by atoms with Crippen LogP contribution in [0.3, 0.4) is 0 Å². The van der Waals surface area contributed by atoms with E-state index in [1.807, 2.05) is 6.20 Å². The van der Waals surface area contributed by atoms with Gasteiger partial charge >= 0.3 is 0 Å². The van der Waals surface area contributed by atoms with Crippen molar-refractivity contribution in [2.75, 3.05) is 26.2 Å². The van der Waals surface area contributed by atoms with E-state index in [-0.39, 0.29) is 0 Å². The third-order valence-corrected chi connectivity index (χ3v) is 3.34. The van der Waals surface area contributed by atoms with E-state index in [1.54, 1.807) is 0 Å². The summed E-state index contributed by atoms with van der Waals surface area (Å²) in [7, 11) is 0. The molecule has 0 radical (unpaired) electrons. The number of pyridine rings is 1. The fourth-order valence-corrected chi connectivity index (χ4v) is 2.35. The van der Waals surface area contributed by atoms with Gasteiger partial charge in [-0.1, -0.05) is 0 Å². The minimum Gasteiger partial charge on any atom is -0.314 e. The molecule has 0 bridgehead atoms. The number of imidazole rings is 1. The van der Waals surface area contributed by atoms with E-state index >= 15 is 0 Å². The Morgan fingerprint density at radius 1 is 1.35 bits per heavy atom. The zero-order chi connectivity index (χ0) is 11.7. The van der Waals surface area contributed by atoms with Crippen LogP contribution in [0.5, 0.6) is 0 Å². The summed E-state index contributed by atoms with van der Waals surface area (Å²) in [5.41, 5.74) is 3.59. The predicted molar refractivity (Wildman–Crippen MR) is 68.1 cm³/mol. The van der Waals surface area contributed by atoms with E-state index < -0.39 is 0 Å². The number of piperazine rings is 1. The van der Waals surface area contributed by atoms with Crippen molar-refractivity contribution in [1.29, 1.82) is 0 Å². The van der Waals surface area contributed by atoms with Crippen molar-refractivity contribution in [3.05, 3.63) is 35.8 Å². The van der Waals surface area contributed by atoms with Crippen molar-refractivity contribution in [2.45, 2.75) is 13.5 Å². The lowest BCUT2D eigenvalue weighted by molar-refractivity contribution is 0.230. The standard InChI is InChI=1S/C13H18N4/c1-11-2-5-17-12(9-15-13(17)8-11)10-16-6-3-14-4-7-16/h2,5,8-9,14H,3-4,6-7,10H2,1H3. The molecule has 0 spiro atoms. The third-order valence-electron chi connectivity index (χ3n) is 3.34. The number of rotatable bonds is 2. The van der Waals surface area contributed by atoms with Gasteiger partial charge in [0, 0.05) is 38.9 Å². The van der Waals surface area contributed by atoms with Crippen LogP contribution in [-0.2, 0) is 6.54 Å². The molecule has 0 atom stereocenters. The molecule has 0 unspecified atom stereocenters. The monoisotopic (exact) mass is 230 g/mol. The van der Waals surface area contributed by atoms with Crippen molar-refractivity contribution in [2.24, 2.45) is 0 Å². The number of nitrogens with zero attached hydrogens (tertiary/aromatic N) is 3. The number of aromatic nitrogens is 2. The summed E-state index contributed by atoms with van der Waals surface area (Å²) in [6, 6.07) is 4.26. The van der Waals surface area contributed by atoms with E-state index in [0.29, 0.717) is 0 Å². The lowest BCUT2D eigenvalue weighted by Gasteiger charge is -2.26. The molecule has 90 valence electrons. The maximum Gasteiger partial charge on any atom is 0.137 e. The summed E-state index contributed by atoms with van der Waals surface area (Å²) >= 11 is 0. The average molecular weight is 230 g/mol. The van der Waals surface area contributed by atoms with E-state index in [2.05, 4.69) is 44.9 Å². The van der Waals surface area contributed by atoms with Crippen LogP contribution in [0.15, 0.2) is 24.5 Å². The maximum atomic E-state index is 4.47. The van der Waals surface area contributed by atoms with Gasteiger partial charge in [0.15, 0.2) is 0 Å². The number of nitrogens with one attached hydrogen (secondary N) is 1. The fraction of sp³-hybridized carbons (Fsp3) is 0.462. The van der Waals surface area contributed by atoms with E-state index in [9.17, 15) is 0 Å². The molecule has 2 aromatic rings. The molecule has 4 nitrogen and oxygen atoms in total. The van der Waals surface area contributed by atoms with Crippen molar-refractivity contribution < 1.29 is 0 Å². The quantitative estimate of drug-likeness (QED) is 0.837. The second-order valence-electron chi connectivity index (χ2n) is 4.71. The third kappa shape index (κ3) is 2.18. The van der Waals surface area contributed by atoms with Crippen molar-refractivity contribution in [3.63, 3.8) is 0 Å². The van der Waals surface area contributed by atoms with Gasteiger partial charge in [-0.15, -0.1) is 0 Å². The molecule has 1 fully saturated rings. The Morgan fingerprint density at radius 2 is 2.18 bits per heavy atom. The highest BCUT2D eigenvalue weighted by atomic mass is 15.2. The van der Waals surface area contributed by atoms with E-state index in [4.69, 9.17) is 0 Å². The topological polar surface area (TPSA) is 32.6 Å². The smallest absolute Gasteiger partial charge is 0.137 e. The number of aryl methyl sites for hydroxylation is 1. The van der Waals surface area contributed by atoms with Gasteiger partial charge in [-0.2, -0.15) is 0 Å². The van der Waals surface area contributed by atoms with E-state index in [1.165, 1.54) is 11.3 Å². The predicted octanol–water partition coefficient (Wildman–Crippen LogP) is 1.05. The maximum absolute atomic E-state index is 4.47. The first-order chi connectivity index (χ1) is 8.33. The second kappa shape index (κ2) is 4.47. The molecule has 3 rings (SSSR count). The van der Waals surface area contributed by atoms with Crippen LogP contribution in [0.25, 0.3) is 5.65 Å². The van der Waals surface area contributed by atoms with Crippen molar-refractivity contribution in [3.8, 4) is 0 Å². The largest absolute Gasteiger partial charge is 0.314 e. The first kappa shape index (κ1) is 10.7. The molecule has 2 aromatic heterocycles. The summed E-state index contributed by atoms with van der Waals surface area (Å²) in [5.74, 6) is 0. The molecule has 4 heteroatoms. The molecule has 3 heterocycles. The molecule has 1 N–H and O–H groups in total. The SMILES string of the molecule is Cc1ccn2c(CN3CCNCC3)cnc2c1. The van der Waals surface area contributed by atoms with Crippen LogP contribution in [0, 0.1) is 6.92 Å². The number of hydrogen-bond acceptors (Lipinski definition) is 3. The Bertz CT molecular complexity index is 511. The Kier molecular flexibility index (Phi) is 2.82. The van der Waals surface area contributed by atoms with Gasteiger partial charge in [-0.25, -0.2) is 4.98 Å². The Morgan fingerprint density at radius 3 is 3.00 bits per heavy atom. The second-order valence-corrected chi connectivity index (χ2v) is 4.71. The molecule has 1 aliphatic rings. The van der Waals surface area contributed by atoms with Gasteiger partial charge < -0.3 is 9.72 Å². The Balaban J connectivity index is 1.84. The van der Waals surface area contributed by atoms with Crippen LogP contribution >= 0.6 is 0 Å². The molecule has 0 aromatic carbocycles. The lowest BCUT2D eigenvalue weighted by Crippen LogP contribution is -2.43. The number of hydrogen-bond donors (Lipinski definition) is 1. The first-order valence-electron chi connectivity index (χ1n) is 6.18. The summed E-state index contributed by atoms with van der Waals surface area (Å²) in [4.78, 5) is 6.94. The molecule has 0 amide bonds. The van der Waals surface area contributed by atoms with Crippen LogP contribution in [0.1, 0.15) is 11.3 Å². The average Bonchev–Trinajstić information content (AvgIpc) is 2.73. The summed E-state index contributed by atoms with van der Waals surface area (Å²) < 4.78 is 2.19. The molecule has 17 heavy (non-hydrogen) atoms. The molecular weight excluding hydrogens is 212 g/mol. The summed E-state index contributed by atoms with van der Waals surface area (Å²) in [6.07, 6.45) is 4.12. The minimum absolute atomic E-state index is 0.992. The zero-order valence-corrected chi connectivity index (χ0v) is 10.2. The van der Waals surface area contributed by atoms with Crippen LogP contribution in [-0.4, -0.2) is 40.5 Å². The zero-order valence-electron chi connectivity index (χ0n) is 10.2. The fourth-order valence-electron chi connectivity index (χ4n) is 2.35. The summed E-state index contributed by atoms with van der Waals surface area (Å²) in [5, 5.41) is 3.37. The van der Waals surface area contributed by atoms with Gasteiger partial charge in [0.2, 0.25) is 0 Å². The highest BCUT2D eigenvalue weighted by Crippen LogP contribution is 2.11.